The van der Waals surface area contributed by atoms with Crippen molar-refractivity contribution in [3.63, 3.8) is 0 Å². The summed E-state index contributed by atoms with van der Waals surface area (Å²) in [5.74, 6) is 0.601. The molecule has 0 aliphatic rings. The van der Waals surface area contributed by atoms with Crippen LogP contribution < -0.4 is 5.19 Å². The second-order valence-electron chi connectivity index (χ2n) is 14.0. The molecule has 5 aromatic carbocycles. The van der Waals surface area contributed by atoms with Gasteiger partial charge in [0.25, 0.3) is 0 Å². The van der Waals surface area contributed by atoms with Crippen LogP contribution in [0.2, 0.25) is 19.6 Å². The smallest absolute Gasteiger partial charge is 0.0798 e. The summed E-state index contributed by atoms with van der Waals surface area (Å²) >= 11 is 0. The molecule has 0 saturated carbocycles. The summed E-state index contributed by atoms with van der Waals surface area (Å²) in [7, 11) is -1.50. The molecule has 8 aromatic rings. The molecule has 0 saturated heterocycles. The Morgan fingerprint density at radius 2 is 1.28 bits per heavy atom. The summed E-state index contributed by atoms with van der Waals surface area (Å²) in [6.45, 7) is 11.8. The van der Waals surface area contributed by atoms with Crippen molar-refractivity contribution in [3.05, 3.63) is 157 Å². The Hall–Kier alpha value is -4.67. The Kier molecular flexibility index (Phi) is 10.6. The summed E-state index contributed by atoms with van der Waals surface area (Å²) in [5.41, 5.74) is 9.13. The fourth-order valence-electron chi connectivity index (χ4n) is 6.79. The Labute approximate surface area is 310 Å². The molecule has 3 heterocycles. The van der Waals surface area contributed by atoms with Gasteiger partial charge in [0, 0.05) is 54.3 Å². The first-order valence-corrected chi connectivity index (χ1v) is 20.6. The predicted octanol–water partition coefficient (Wildman–Crippen LogP) is 11.1. The van der Waals surface area contributed by atoms with E-state index in [1.165, 1.54) is 43.3 Å². The molecule has 0 aliphatic heterocycles. The van der Waals surface area contributed by atoms with E-state index in [9.17, 15) is 0 Å². The SMILES string of the molecule is CC(C)Cc1cc(-c2[c-]cc(-n3c4ccccc4c4ccccc43)c3ccccc23)ncc1[Si](C)(C)C.[Ir].[c-]1ccccc1-c1ccccn1. The molecule has 0 unspecified atom stereocenters. The van der Waals surface area contributed by atoms with Crippen molar-refractivity contribution in [2.75, 3.05) is 0 Å². The van der Waals surface area contributed by atoms with E-state index < -0.39 is 8.07 Å². The minimum atomic E-state index is -1.50. The molecule has 251 valence electrons. The third-order valence-electron chi connectivity index (χ3n) is 8.98. The van der Waals surface area contributed by atoms with Crippen LogP contribution in [0.15, 0.2) is 140 Å². The van der Waals surface area contributed by atoms with E-state index in [2.05, 4.69) is 146 Å². The van der Waals surface area contributed by atoms with E-state index in [0.29, 0.717) is 5.92 Å². The number of benzene rings is 5. The minimum Gasteiger partial charge on any atom is -0.350 e. The molecular weight excluding hydrogens is 803 g/mol. The minimum absolute atomic E-state index is 0. The van der Waals surface area contributed by atoms with Gasteiger partial charge in [0.2, 0.25) is 0 Å². The molecule has 0 spiro atoms. The molecule has 0 aliphatic carbocycles. The van der Waals surface area contributed by atoms with Crippen molar-refractivity contribution in [1.29, 1.82) is 0 Å². The van der Waals surface area contributed by atoms with Crippen molar-refractivity contribution in [2.45, 2.75) is 39.9 Å². The number of fused-ring (bicyclic) bond motifs is 4. The zero-order valence-corrected chi connectivity index (χ0v) is 32.6. The van der Waals surface area contributed by atoms with E-state index in [-0.39, 0.29) is 20.1 Å². The molecule has 1 radical (unpaired) electrons. The van der Waals surface area contributed by atoms with Crippen molar-refractivity contribution >= 4 is 45.8 Å². The molecule has 0 fully saturated rings. The van der Waals surface area contributed by atoms with E-state index in [1.807, 2.05) is 42.5 Å². The van der Waals surface area contributed by atoms with Gasteiger partial charge < -0.3 is 14.5 Å². The molecule has 8 rings (SSSR count). The Morgan fingerprint density at radius 3 is 1.88 bits per heavy atom. The van der Waals surface area contributed by atoms with E-state index in [0.717, 1.165) is 34.6 Å². The van der Waals surface area contributed by atoms with Gasteiger partial charge in [-0.05, 0) is 52.8 Å². The van der Waals surface area contributed by atoms with Gasteiger partial charge in [-0.3, -0.25) is 0 Å². The topological polar surface area (TPSA) is 30.7 Å². The first-order chi connectivity index (χ1) is 23.8. The van der Waals surface area contributed by atoms with Crippen LogP contribution in [0.1, 0.15) is 19.4 Å². The quantitative estimate of drug-likeness (QED) is 0.123. The first kappa shape index (κ1) is 35.2. The largest absolute Gasteiger partial charge is 0.350 e. The Balaban J connectivity index is 0.000000281. The summed E-state index contributed by atoms with van der Waals surface area (Å²) in [5, 5.41) is 6.41. The zero-order chi connectivity index (χ0) is 34.0. The van der Waals surface area contributed by atoms with Gasteiger partial charge in [0.15, 0.2) is 0 Å². The molecule has 5 heteroatoms. The number of aromatic nitrogens is 3. The monoisotopic (exact) mass is 844 g/mol. The molecule has 0 atom stereocenters. The van der Waals surface area contributed by atoms with Crippen molar-refractivity contribution < 1.29 is 20.1 Å². The summed E-state index contributed by atoms with van der Waals surface area (Å²) < 4.78 is 2.39. The number of para-hydroxylation sites is 2. The second-order valence-corrected chi connectivity index (χ2v) is 19.1. The number of hydrogen-bond donors (Lipinski definition) is 0. The number of pyridine rings is 2. The molecule has 3 aromatic heterocycles. The Morgan fingerprint density at radius 1 is 0.660 bits per heavy atom. The molecule has 0 N–H and O–H groups in total. The average molecular weight is 844 g/mol. The van der Waals surface area contributed by atoms with Crippen LogP contribution in [0.4, 0.5) is 0 Å². The van der Waals surface area contributed by atoms with Gasteiger partial charge in [0.05, 0.1) is 8.07 Å². The van der Waals surface area contributed by atoms with Crippen LogP contribution in [0.25, 0.3) is 60.8 Å². The summed E-state index contributed by atoms with van der Waals surface area (Å²) in [6.07, 6.45) is 5.02. The predicted molar refractivity (Wildman–Crippen MR) is 210 cm³/mol. The molecule has 3 nitrogen and oxygen atoms in total. The van der Waals surface area contributed by atoms with Gasteiger partial charge in [-0.25, -0.2) is 0 Å². The number of rotatable bonds is 6. The fourth-order valence-corrected chi connectivity index (χ4v) is 8.38. The summed E-state index contributed by atoms with van der Waals surface area (Å²) in [4.78, 5) is 9.24. The molecule has 0 amide bonds. The van der Waals surface area contributed by atoms with Crippen LogP contribution in [0.5, 0.6) is 0 Å². The van der Waals surface area contributed by atoms with Crippen molar-refractivity contribution in [2.24, 2.45) is 5.92 Å². The van der Waals surface area contributed by atoms with Crippen LogP contribution in [-0.4, -0.2) is 22.6 Å². The summed E-state index contributed by atoms with van der Waals surface area (Å²) in [6, 6.07) is 51.1. The van der Waals surface area contributed by atoms with Gasteiger partial charge >= 0.3 is 0 Å². The molecular formula is C45H41IrN3Si-2. The van der Waals surface area contributed by atoms with E-state index >= 15 is 0 Å². The molecule has 50 heavy (non-hydrogen) atoms. The van der Waals surface area contributed by atoms with Crippen LogP contribution in [0.3, 0.4) is 0 Å². The maximum absolute atomic E-state index is 5.02. The van der Waals surface area contributed by atoms with Gasteiger partial charge in [-0.15, -0.1) is 53.6 Å². The van der Waals surface area contributed by atoms with Crippen molar-refractivity contribution in [3.8, 4) is 28.2 Å². The number of nitrogens with zero attached hydrogens (tertiary/aromatic N) is 3. The zero-order valence-electron chi connectivity index (χ0n) is 29.2. The van der Waals surface area contributed by atoms with E-state index in [4.69, 9.17) is 4.98 Å². The van der Waals surface area contributed by atoms with Gasteiger partial charge in [-0.1, -0.05) is 129 Å². The second kappa shape index (κ2) is 15.1. The third kappa shape index (κ3) is 7.13. The maximum Gasteiger partial charge on any atom is 0.0798 e. The average Bonchev–Trinajstić information content (AvgIpc) is 3.46. The normalized spacial score (nSPS) is 11.4. The van der Waals surface area contributed by atoms with E-state index in [1.54, 1.807) is 6.20 Å². The Bertz CT molecular complexity index is 2280. The molecule has 0 bridgehead atoms. The standard InChI is InChI=1S/C34H33N2Si.C11H8N.Ir/c1-23(2)20-24-21-30(35-22-34(24)37(3,4)5)26-18-19-33(27-13-7-6-12-25(26)27)36-31-16-10-8-14-28(31)29-15-9-11-17-32(29)36;1-2-6-10(7-3-1)11-8-4-5-9-12-11;/h6-17,19,21-23H,20H2,1-5H3;1-6,8-9H;/q2*-1;. The van der Waals surface area contributed by atoms with Crippen LogP contribution in [-0.2, 0) is 26.5 Å². The first-order valence-electron chi connectivity index (χ1n) is 17.1. The third-order valence-corrected chi connectivity index (χ3v) is 11.0. The van der Waals surface area contributed by atoms with Crippen LogP contribution in [0, 0.1) is 18.1 Å². The number of hydrogen-bond acceptors (Lipinski definition) is 2. The van der Waals surface area contributed by atoms with Gasteiger partial charge in [-0.2, -0.15) is 0 Å². The van der Waals surface area contributed by atoms with Crippen molar-refractivity contribution in [1.82, 2.24) is 14.5 Å². The van der Waals surface area contributed by atoms with Crippen LogP contribution >= 0.6 is 0 Å². The maximum atomic E-state index is 5.02. The van der Waals surface area contributed by atoms with Gasteiger partial charge in [0.1, 0.15) is 0 Å². The fraction of sp³-hybridized carbons (Fsp3) is 0.156.